The number of halogens is 1. The molecule has 4 heteroatoms. The van der Waals surface area contributed by atoms with E-state index in [2.05, 4.69) is 17.6 Å². The summed E-state index contributed by atoms with van der Waals surface area (Å²) < 4.78 is 5.82. The molecule has 0 aliphatic rings. The third-order valence-electron chi connectivity index (χ3n) is 3.58. The van der Waals surface area contributed by atoms with Crippen molar-refractivity contribution >= 4 is 23.0 Å². The Morgan fingerprint density at radius 1 is 1.04 bits per heavy atom. The lowest BCUT2D eigenvalue weighted by molar-refractivity contribution is 0.311. The minimum absolute atomic E-state index is 0.759. The monoisotopic (exact) mass is 332 g/mol. The smallest absolute Gasteiger partial charge is 0.142 e. The first kappa shape index (κ1) is 17.5. The predicted octanol–water partition coefficient (Wildman–Crippen LogP) is 5.35. The summed E-state index contributed by atoms with van der Waals surface area (Å²) in [6.07, 6.45) is 2.21. The largest absolute Gasteiger partial charge is 0.491 e. The summed E-state index contributed by atoms with van der Waals surface area (Å²) in [4.78, 5) is 0. The minimum Gasteiger partial charge on any atom is -0.491 e. The van der Waals surface area contributed by atoms with Crippen LogP contribution < -0.4 is 15.4 Å². The van der Waals surface area contributed by atoms with Gasteiger partial charge in [0.2, 0.25) is 0 Å². The lowest BCUT2D eigenvalue weighted by Gasteiger charge is -2.14. The molecular formula is C19H25ClN2O. The van der Waals surface area contributed by atoms with Crippen molar-refractivity contribution in [2.45, 2.75) is 26.7 Å². The van der Waals surface area contributed by atoms with Crippen LogP contribution in [0.4, 0.5) is 11.4 Å². The van der Waals surface area contributed by atoms with Crippen molar-refractivity contribution in [3.63, 3.8) is 0 Å². The summed E-state index contributed by atoms with van der Waals surface area (Å²) in [5, 5.41) is 7.57. The van der Waals surface area contributed by atoms with E-state index in [-0.39, 0.29) is 0 Å². The standard InChI is InChI=1S/C19H25ClN2O/c1-3-4-13-23-19-8-6-5-7-18(19)22-12-11-21-16-10-9-15(2)17(20)14-16/h5-10,14,21-22H,3-4,11-13H2,1-2H3. The van der Waals surface area contributed by atoms with Crippen molar-refractivity contribution in [3.05, 3.63) is 53.1 Å². The average Bonchev–Trinajstić information content (AvgIpc) is 2.56. The van der Waals surface area contributed by atoms with Gasteiger partial charge in [0.25, 0.3) is 0 Å². The van der Waals surface area contributed by atoms with Gasteiger partial charge in [0.1, 0.15) is 5.75 Å². The van der Waals surface area contributed by atoms with Crippen LogP contribution in [0.3, 0.4) is 0 Å². The van der Waals surface area contributed by atoms with Crippen LogP contribution >= 0.6 is 11.6 Å². The molecule has 0 spiro atoms. The maximum Gasteiger partial charge on any atom is 0.142 e. The van der Waals surface area contributed by atoms with Crippen LogP contribution in [0.25, 0.3) is 0 Å². The van der Waals surface area contributed by atoms with Gasteiger partial charge in [0.05, 0.1) is 12.3 Å². The number of para-hydroxylation sites is 2. The highest BCUT2D eigenvalue weighted by Gasteiger charge is 2.02. The van der Waals surface area contributed by atoms with E-state index >= 15 is 0 Å². The number of hydrogen-bond donors (Lipinski definition) is 2. The first-order chi connectivity index (χ1) is 11.2. The summed E-state index contributed by atoms with van der Waals surface area (Å²) in [5.41, 5.74) is 3.16. The second kappa shape index (κ2) is 9.31. The molecule has 0 saturated heterocycles. The Kier molecular flexibility index (Phi) is 7.08. The summed E-state index contributed by atoms with van der Waals surface area (Å²) >= 11 is 6.13. The summed E-state index contributed by atoms with van der Waals surface area (Å²) in [6.45, 7) is 6.54. The number of ether oxygens (including phenoxy) is 1. The van der Waals surface area contributed by atoms with E-state index in [0.29, 0.717) is 0 Å². The van der Waals surface area contributed by atoms with Gasteiger partial charge < -0.3 is 15.4 Å². The molecule has 0 radical (unpaired) electrons. The maximum atomic E-state index is 6.13. The molecule has 2 rings (SSSR count). The molecule has 0 aliphatic carbocycles. The van der Waals surface area contributed by atoms with E-state index in [1.807, 2.05) is 49.4 Å². The van der Waals surface area contributed by atoms with E-state index < -0.39 is 0 Å². The predicted molar refractivity (Wildman–Crippen MR) is 100 cm³/mol. The summed E-state index contributed by atoms with van der Waals surface area (Å²) in [5.74, 6) is 0.916. The van der Waals surface area contributed by atoms with Crippen molar-refractivity contribution in [3.8, 4) is 5.75 Å². The molecule has 0 amide bonds. The van der Waals surface area contributed by atoms with Crippen LogP contribution in [0.1, 0.15) is 25.3 Å². The number of nitrogens with one attached hydrogen (secondary N) is 2. The Labute approximate surface area is 144 Å². The first-order valence-electron chi connectivity index (χ1n) is 8.16. The van der Waals surface area contributed by atoms with E-state index in [9.17, 15) is 0 Å². The Morgan fingerprint density at radius 3 is 2.61 bits per heavy atom. The molecule has 23 heavy (non-hydrogen) atoms. The molecule has 0 fully saturated rings. The van der Waals surface area contributed by atoms with Gasteiger partial charge in [-0.3, -0.25) is 0 Å². The van der Waals surface area contributed by atoms with Gasteiger partial charge in [0.15, 0.2) is 0 Å². The number of benzene rings is 2. The third-order valence-corrected chi connectivity index (χ3v) is 3.99. The molecule has 2 aromatic carbocycles. The number of hydrogen-bond acceptors (Lipinski definition) is 3. The normalized spacial score (nSPS) is 10.4. The number of aryl methyl sites for hydroxylation is 1. The lowest BCUT2D eigenvalue weighted by atomic mass is 10.2. The number of rotatable bonds is 9. The molecule has 0 atom stereocenters. The minimum atomic E-state index is 0.759. The molecule has 0 aliphatic heterocycles. The van der Waals surface area contributed by atoms with Crippen molar-refractivity contribution in [2.75, 3.05) is 30.3 Å². The Hall–Kier alpha value is -1.87. The van der Waals surface area contributed by atoms with Gasteiger partial charge in [-0.05, 0) is 43.2 Å². The third kappa shape index (κ3) is 5.68. The SMILES string of the molecule is CCCCOc1ccccc1NCCNc1ccc(C)c(Cl)c1. The van der Waals surface area contributed by atoms with Gasteiger partial charge in [-0.25, -0.2) is 0 Å². The van der Waals surface area contributed by atoms with Crippen LogP contribution in [0.2, 0.25) is 5.02 Å². The topological polar surface area (TPSA) is 33.3 Å². The molecule has 3 nitrogen and oxygen atoms in total. The van der Waals surface area contributed by atoms with Gasteiger partial charge in [0, 0.05) is 23.8 Å². The van der Waals surface area contributed by atoms with Crippen molar-refractivity contribution < 1.29 is 4.74 Å². The fraction of sp³-hybridized carbons (Fsp3) is 0.368. The zero-order valence-electron chi connectivity index (χ0n) is 13.9. The molecule has 0 saturated carbocycles. The van der Waals surface area contributed by atoms with Gasteiger partial charge in [-0.2, -0.15) is 0 Å². The highest BCUT2D eigenvalue weighted by molar-refractivity contribution is 6.31. The van der Waals surface area contributed by atoms with Crippen LogP contribution in [-0.2, 0) is 0 Å². The maximum absolute atomic E-state index is 6.13. The van der Waals surface area contributed by atoms with Crippen LogP contribution in [0.5, 0.6) is 5.75 Å². The van der Waals surface area contributed by atoms with E-state index in [0.717, 1.165) is 60.2 Å². The van der Waals surface area contributed by atoms with Crippen LogP contribution in [-0.4, -0.2) is 19.7 Å². The highest BCUT2D eigenvalue weighted by atomic mass is 35.5. The van der Waals surface area contributed by atoms with Crippen molar-refractivity contribution in [1.29, 1.82) is 0 Å². The summed E-state index contributed by atoms with van der Waals surface area (Å²) in [7, 11) is 0. The Bertz CT molecular complexity index is 616. The highest BCUT2D eigenvalue weighted by Crippen LogP contribution is 2.24. The fourth-order valence-corrected chi connectivity index (χ4v) is 2.35. The molecule has 2 N–H and O–H groups in total. The fourth-order valence-electron chi connectivity index (χ4n) is 2.17. The van der Waals surface area contributed by atoms with Crippen LogP contribution in [0, 0.1) is 6.92 Å². The number of anilines is 2. The second-order valence-electron chi connectivity index (χ2n) is 5.52. The second-order valence-corrected chi connectivity index (χ2v) is 5.92. The molecular weight excluding hydrogens is 308 g/mol. The quantitative estimate of drug-likeness (QED) is 0.607. The molecule has 2 aromatic rings. The van der Waals surface area contributed by atoms with E-state index in [4.69, 9.17) is 16.3 Å². The van der Waals surface area contributed by atoms with Gasteiger partial charge in [-0.1, -0.05) is 43.1 Å². The van der Waals surface area contributed by atoms with Gasteiger partial charge in [-0.15, -0.1) is 0 Å². The van der Waals surface area contributed by atoms with E-state index in [1.165, 1.54) is 0 Å². The molecule has 124 valence electrons. The average molecular weight is 333 g/mol. The Morgan fingerprint density at radius 2 is 1.83 bits per heavy atom. The molecule has 0 unspecified atom stereocenters. The lowest BCUT2D eigenvalue weighted by Crippen LogP contribution is -2.14. The molecule has 0 heterocycles. The Balaban J connectivity index is 1.80. The first-order valence-corrected chi connectivity index (χ1v) is 8.54. The van der Waals surface area contributed by atoms with E-state index in [1.54, 1.807) is 0 Å². The summed E-state index contributed by atoms with van der Waals surface area (Å²) in [6, 6.07) is 14.1. The van der Waals surface area contributed by atoms with Crippen molar-refractivity contribution in [2.24, 2.45) is 0 Å². The van der Waals surface area contributed by atoms with Gasteiger partial charge >= 0.3 is 0 Å². The van der Waals surface area contributed by atoms with Crippen molar-refractivity contribution in [1.82, 2.24) is 0 Å². The number of unbranched alkanes of at least 4 members (excludes halogenated alkanes) is 1. The zero-order chi connectivity index (χ0) is 16.5. The molecule has 0 bridgehead atoms. The van der Waals surface area contributed by atoms with Crippen LogP contribution in [0.15, 0.2) is 42.5 Å². The zero-order valence-corrected chi connectivity index (χ0v) is 14.6. The molecule has 0 aromatic heterocycles.